The number of hydrogen-bond acceptors (Lipinski definition) is 4. The third-order valence-corrected chi connectivity index (χ3v) is 4.35. The highest BCUT2D eigenvalue weighted by molar-refractivity contribution is 6.05. The monoisotopic (exact) mass is 327 g/mol. The lowest BCUT2D eigenvalue weighted by atomic mass is 9.95. The predicted octanol–water partition coefficient (Wildman–Crippen LogP) is -0.0287. The minimum absolute atomic E-state index is 0.00713. The Bertz CT molecular complexity index is 685. The fraction of sp³-hybridized carbons (Fsp3) is 0.471. The van der Waals surface area contributed by atoms with Crippen LogP contribution in [0, 0.1) is 23.2 Å². The van der Waals surface area contributed by atoms with Gasteiger partial charge in [0.25, 0.3) is 5.91 Å². The molecule has 0 bridgehead atoms. The van der Waals surface area contributed by atoms with Crippen molar-refractivity contribution in [2.75, 3.05) is 19.6 Å². The van der Waals surface area contributed by atoms with E-state index in [4.69, 9.17) is 5.41 Å². The maximum absolute atomic E-state index is 11.4. The van der Waals surface area contributed by atoms with Crippen LogP contribution >= 0.6 is 0 Å². The number of rotatable bonds is 1. The number of carbonyl (C=O) groups excluding carboxylic acids is 2. The van der Waals surface area contributed by atoms with E-state index in [9.17, 15) is 9.59 Å². The molecule has 2 fully saturated rings. The zero-order chi connectivity index (χ0) is 17.1. The molecule has 2 saturated heterocycles. The Kier molecular flexibility index (Phi) is 4.67. The van der Waals surface area contributed by atoms with Crippen molar-refractivity contribution in [3.63, 3.8) is 0 Å². The van der Waals surface area contributed by atoms with Gasteiger partial charge in [-0.25, -0.2) is 4.79 Å². The molecule has 3 rings (SSSR count). The largest absolute Gasteiger partial charge is 0.351 e. The molecule has 3 atom stereocenters. The molecule has 0 aromatic rings. The van der Waals surface area contributed by atoms with Crippen LogP contribution in [0.2, 0.25) is 0 Å². The highest BCUT2D eigenvalue weighted by Crippen LogP contribution is 2.19. The lowest BCUT2D eigenvalue weighted by Crippen LogP contribution is -2.52. The second kappa shape index (κ2) is 6.89. The van der Waals surface area contributed by atoms with Crippen molar-refractivity contribution in [2.45, 2.75) is 25.4 Å². The van der Waals surface area contributed by atoms with Crippen LogP contribution in [0.15, 0.2) is 23.8 Å². The number of piperazine rings is 1. The van der Waals surface area contributed by atoms with Crippen molar-refractivity contribution in [3.05, 3.63) is 23.8 Å². The summed E-state index contributed by atoms with van der Waals surface area (Å²) in [6.07, 6.45) is 6.60. The summed E-state index contributed by atoms with van der Waals surface area (Å²) in [5.74, 6) is 5.95. The first-order chi connectivity index (χ1) is 11.5. The summed E-state index contributed by atoms with van der Waals surface area (Å²) in [6, 6.07) is -0.960. The average Bonchev–Trinajstić information content (AvgIpc) is 2.91. The molecule has 126 valence electrons. The smallest absolute Gasteiger partial charge is 0.322 e. The van der Waals surface area contributed by atoms with Gasteiger partial charge in [-0.3, -0.25) is 15.5 Å². The standard InChI is InChI=1S/C17H21N5O2/c1-11-10-19-8-9-22(11)15(18)13-5-2-12(3-6-13)4-7-14-16(23)21-17(24)20-14/h2,5-6,11-12,14,18-19H,3,8-10H2,1H3,(H2,20,21,23,24)/t11-,12-,14?/m0/s1. The molecule has 0 radical (unpaired) electrons. The maximum Gasteiger partial charge on any atom is 0.322 e. The van der Waals surface area contributed by atoms with Crippen LogP contribution in [0.4, 0.5) is 4.79 Å². The van der Waals surface area contributed by atoms with Gasteiger partial charge in [0.2, 0.25) is 0 Å². The van der Waals surface area contributed by atoms with E-state index in [2.05, 4.69) is 39.6 Å². The van der Waals surface area contributed by atoms with E-state index >= 15 is 0 Å². The van der Waals surface area contributed by atoms with E-state index in [1.165, 1.54) is 0 Å². The van der Waals surface area contributed by atoms with Crippen molar-refractivity contribution in [1.29, 1.82) is 5.41 Å². The number of allylic oxidation sites excluding steroid dienone is 2. The van der Waals surface area contributed by atoms with Gasteiger partial charge in [0.15, 0.2) is 6.04 Å². The molecule has 2 aliphatic heterocycles. The molecule has 3 amide bonds. The van der Waals surface area contributed by atoms with Crippen molar-refractivity contribution < 1.29 is 9.59 Å². The van der Waals surface area contributed by atoms with Gasteiger partial charge < -0.3 is 15.5 Å². The summed E-state index contributed by atoms with van der Waals surface area (Å²) in [5, 5.41) is 16.3. The molecule has 7 heteroatoms. The molecule has 0 aromatic heterocycles. The Morgan fingerprint density at radius 3 is 2.83 bits per heavy atom. The number of urea groups is 1. The minimum atomic E-state index is -0.767. The van der Waals surface area contributed by atoms with Crippen LogP contribution in [0.1, 0.15) is 13.3 Å². The van der Waals surface area contributed by atoms with Crippen molar-refractivity contribution in [3.8, 4) is 11.8 Å². The summed E-state index contributed by atoms with van der Waals surface area (Å²) in [5.41, 5.74) is 0.911. The van der Waals surface area contributed by atoms with Gasteiger partial charge in [0.05, 0.1) is 0 Å². The first kappa shape index (κ1) is 16.3. The topological polar surface area (TPSA) is 97.3 Å². The Balaban J connectivity index is 1.59. The second-order valence-electron chi connectivity index (χ2n) is 6.14. The minimum Gasteiger partial charge on any atom is -0.351 e. The molecule has 1 unspecified atom stereocenters. The number of amidine groups is 1. The Morgan fingerprint density at radius 1 is 1.38 bits per heavy atom. The van der Waals surface area contributed by atoms with Gasteiger partial charge in [-0.15, -0.1) is 0 Å². The summed E-state index contributed by atoms with van der Waals surface area (Å²) in [4.78, 5) is 24.6. The summed E-state index contributed by atoms with van der Waals surface area (Å²) in [6.45, 7) is 4.74. The van der Waals surface area contributed by atoms with Gasteiger partial charge >= 0.3 is 6.03 Å². The van der Waals surface area contributed by atoms with Crippen molar-refractivity contribution in [1.82, 2.24) is 20.9 Å². The van der Waals surface area contributed by atoms with Crippen LogP contribution < -0.4 is 16.0 Å². The number of imide groups is 1. The fourth-order valence-corrected chi connectivity index (χ4v) is 2.95. The van der Waals surface area contributed by atoms with Crippen LogP contribution in [0.5, 0.6) is 0 Å². The highest BCUT2D eigenvalue weighted by atomic mass is 16.2. The average molecular weight is 327 g/mol. The maximum atomic E-state index is 11.4. The van der Waals surface area contributed by atoms with Crippen LogP contribution in [-0.4, -0.2) is 54.4 Å². The van der Waals surface area contributed by atoms with Gasteiger partial charge in [0.1, 0.15) is 5.84 Å². The zero-order valence-corrected chi connectivity index (χ0v) is 13.6. The molecule has 24 heavy (non-hydrogen) atoms. The van der Waals surface area contributed by atoms with E-state index in [-0.39, 0.29) is 5.92 Å². The molecule has 0 spiro atoms. The Hall–Kier alpha value is -2.59. The third kappa shape index (κ3) is 3.49. The Morgan fingerprint density at radius 2 is 2.21 bits per heavy atom. The molecule has 0 aromatic carbocycles. The number of nitrogens with zero attached hydrogens (tertiary/aromatic N) is 1. The summed E-state index contributed by atoms with van der Waals surface area (Å²) in [7, 11) is 0. The Labute approximate surface area is 141 Å². The van der Waals surface area contributed by atoms with Crippen LogP contribution in [-0.2, 0) is 4.79 Å². The van der Waals surface area contributed by atoms with E-state index in [1.807, 2.05) is 18.2 Å². The van der Waals surface area contributed by atoms with Crippen molar-refractivity contribution >= 4 is 17.8 Å². The number of nitrogens with one attached hydrogen (secondary N) is 4. The molecule has 7 nitrogen and oxygen atoms in total. The zero-order valence-electron chi connectivity index (χ0n) is 13.6. The lowest BCUT2D eigenvalue weighted by molar-refractivity contribution is -0.119. The molecular formula is C17H21N5O2. The number of amides is 3. The molecular weight excluding hydrogens is 306 g/mol. The highest BCUT2D eigenvalue weighted by Gasteiger charge is 2.27. The molecule has 3 aliphatic rings. The van der Waals surface area contributed by atoms with E-state index in [0.29, 0.717) is 18.3 Å². The van der Waals surface area contributed by atoms with E-state index in [1.54, 1.807) is 0 Å². The lowest BCUT2D eigenvalue weighted by Gasteiger charge is -2.36. The quantitative estimate of drug-likeness (QED) is 0.235. The number of carbonyl (C=O) groups is 2. The predicted molar refractivity (Wildman–Crippen MR) is 90.3 cm³/mol. The van der Waals surface area contributed by atoms with Gasteiger partial charge in [-0.2, -0.15) is 0 Å². The van der Waals surface area contributed by atoms with E-state index in [0.717, 1.165) is 25.2 Å². The number of hydrogen-bond donors (Lipinski definition) is 4. The first-order valence-corrected chi connectivity index (χ1v) is 8.11. The molecule has 4 N–H and O–H groups in total. The van der Waals surface area contributed by atoms with Crippen LogP contribution in [0.3, 0.4) is 0 Å². The molecule has 2 heterocycles. The van der Waals surface area contributed by atoms with Gasteiger partial charge in [0, 0.05) is 37.2 Å². The third-order valence-electron chi connectivity index (χ3n) is 4.35. The summed E-state index contributed by atoms with van der Waals surface area (Å²) < 4.78 is 0. The summed E-state index contributed by atoms with van der Waals surface area (Å²) >= 11 is 0. The SMILES string of the molecule is C[C@H]1CNCCN1C(=N)C1=CC[C@@H](C#CC2NC(=O)NC2=O)C=C1. The van der Waals surface area contributed by atoms with Gasteiger partial charge in [-0.05, 0) is 13.3 Å². The second-order valence-corrected chi connectivity index (χ2v) is 6.14. The van der Waals surface area contributed by atoms with Crippen molar-refractivity contribution in [2.24, 2.45) is 5.92 Å². The van der Waals surface area contributed by atoms with Crippen LogP contribution in [0.25, 0.3) is 0 Å². The first-order valence-electron chi connectivity index (χ1n) is 8.11. The normalized spacial score (nSPS) is 29.3. The fourth-order valence-electron chi connectivity index (χ4n) is 2.95. The molecule has 1 aliphatic carbocycles. The van der Waals surface area contributed by atoms with Gasteiger partial charge in [-0.1, -0.05) is 30.1 Å². The van der Waals surface area contributed by atoms with E-state index < -0.39 is 18.0 Å². The molecule has 0 saturated carbocycles.